The number of carbonyl (C=O) groups excluding carboxylic acids is 1. The summed E-state index contributed by atoms with van der Waals surface area (Å²) in [6.45, 7) is 3.50. The standard InChI is InChI=1S/C20H20FIN6O/c1-12-3-4-15(21)14(7-12)17-18(26-20(29)16-9-27(2)11-25-16)19(24-10-23-17)28-6-5-13(22)8-28/h3-4,7,9-11,13H,5-6,8H2,1-2H3,(H,26,29)/t13-/m0/s1. The van der Waals surface area contributed by atoms with Gasteiger partial charge in [0.25, 0.3) is 5.91 Å². The fraction of sp³-hybridized carbons (Fsp3) is 0.300. The van der Waals surface area contributed by atoms with Gasteiger partial charge in [0, 0.05) is 35.8 Å². The number of aromatic nitrogens is 4. The molecule has 0 aliphatic carbocycles. The molecule has 4 rings (SSSR count). The molecule has 1 amide bonds. The van der Waals surface area contributed by atoms with Crippen LogP contribution in [0.15, 0.2) is 37.1 Å². The highest BCUT2D eigenvalue weighted by atomic mass is 127. The molecular formula is C20H20FIN6O. The monoisotopic (exact) mass is 506 g/mol. The Hall–Kier alpha value is -2.56. The highest BCUT2D eigenvalue weighted by molar-refractivity contribution is 14.1. The number of nitrogens with one attached hydrogen (secondary N) is 1. The Morgan fingerprint density at radius 1 is 1.31 bits per heavy atom. The number of aryl methyl sites for hydroxylation is 2. The SMILES string of the molecule is Cc1ccc(F)c(-c2ncnc(N3CC[C@H](I)C3)c2NC(=O)c2cn(C)cn2)c1. The van der Waals surface area contributed by atoms with Gasteiger partial charge in [-0.3, -0.25) is 4.79 Å². The van der Waals surface area contributed by atoms with Crippen molar-refractivity contribution in [2.24, 2.45) is 7.05 Å². The first-order chi connectivity index (χ1) is 13.9. The van der Waals surface area contributed by atoms with Gasteiger partial charge in [0.15, 0.2) is 5.82 Å². The normalized spacial score (nSPS) is 16.3. The van der Waals surface area contributed by atoms with Crippen LogP contribution in [-0.2, 0) is 7.05 Å². The number of anilines is 2. The van der Waals surface area contributed by atoms with Crippen LogP contribution in [-0.4, -0.2) is 42.4 Å². The van der Waals surface area contributed by atoms with Crippen LogP contribution in [0, 0.1) is 12.7 Å². The van der Waals surface area contributed by atoms with E-state index in [0.717, 1.165) is 25.1 Å². The van der Waals surface area contributed by atoms with Gasteiger partial charge in [-0.2, -0.15) is 0 Å². The van der Waals surface area contributed by atoms with Gasteiger partial charge >= 0.3 is 0 Å². The summed E-state index contributed by atoms with van der Waals surface area (Å²) in [5.74, 6) is -0.192. The van der Waals surface area contributed by atoms with Crippen molar-refractivity contribution in [1.29, 1.82) is 0 Å². The molecule has 7 nitrogen and oxygen atoms in total. The zero-order chi connectivity index (χ0) is 20.5. The van der Waals surface area contributed by atoms with E-state index >= 15 is 0 Å². The minimum absolute atomic E-state index is 0.270. The summed E-state index contributed by atoms with van der Waals surface area (Å²) in [5, 5.41) is 2.90. The Morgan fingerprint density at radius 2 is 2.14 bits per heavy atom. The van der Waals surface area contributed by atoms with E-state index in [1.54, 1.807) is 36.3 Å². The summed E-state index contributed by atoms with van der Waals surface area (Å²) < 4.78 is 16.8. The third kappa shape index (κ3) is 4.09. The van der Waals surface area contributed by atoms with Gasteiger partial charge in [0.05, 0.1) is 6.33 Å². The third-order valence-electron chi connectivity index (χ3n) is 4.81. The molecule has 1 aliphatic rings. The number of nitrogens with zero attached hydrogens (tertiary/aromatic N) is 5. The highest BCUT2D eigenvalue weighted by Crippen LogP contribution is 2.37. The van der Waals surface area contributed by atoms with E-state index in [1.165, 1.54) is 12.4 Å². The van der Waals surface area contributed by atoms with Crippen LogP contribution in [0.4, 0.5) is 15.9 Å². The molecule has 3 heterocycles. The van der Waals surface area contributed by atoms with Crippen molar-refractivity contribution in [1.82, 2.24) is 19.5 Å². The second kappa shape index (κ2) is 8.05. The van der Waals surface area contributed by atoms with Gasteiger partial charge in [-0.15, -0.1) is 0 Å². The molecule has 0 radical (unpaired) electrons. The van der Waals surface area contributed by atoms with Crippen LogP contribution in [0.25, 0.3) is 11.3 Å². The highest BCUT2D eigenvalue weighted by Gasteiger charge is 2.27. The van der Waals surface area contributed by atoms with E-state index in [4.69, 9.17) is 0 Å². The fourth-order valence-electron chi connectivity index (χ4n) is 3.37. The van der Waals surface area contributed by atoms with Crippen LogP contribution in [0.3, 0.4) is 0 Å². The van der Waals surface area contributed by atoms with Gasteiger partial charge in [-0.05, 0) is 25.5 Å². The van der Waals surface area contributed by atoms with Crippen LogP contribution in [0.5, 0.6) is 0 Å². The molecule has 1 saturated heterocycles. The lowest BCUT2D eigenvalue weighted by Gasteiger charge is -2.22. The minimum atomic E-state index is -0.401. The Morgan fingerprint density at radius 3 is 2.83 bits per heavy atom. The van der Waals surface area contributed by atoms with E-state index in [0.29, 0.717) is 26.7 Å². The number of carbonyl (C=O) groups is 1. The summed E-state index contributed by atoms with van der Waals surface area (Å²) in [6.07, 6.45) is 5.62. The van der Waals surface area contributed by atoms with Crippen molar-refractivity contribution < 1.29 is 9.18 Å². The molecule has 29 heavy (non-hydrogen) atoms. The van der Waals surface area contributed by atoms with Crippen molar-refractivity contribution >= 4 is 40.0 Å². The van der Waals surface area contributed by atoms with Gasteiger partial charge in [0.1, 0.15) is 29.2 Å². The van der Waals surface area contributed by atoms with Crippen molar-refractivity contribution in [3.63, 3.8) is 0 Å². The molecule has 0 spiro atoms. The molecule has 0 saturated carbocycles. The lowest BCUT2D eigenvalue weighted by atomic mass is 10.1. The topological polar surface area (TPSA) is 75.9 Å². The smallest absolute Gasteiger partial charge is 0.276 e. The maximum absolute atomic E-state index is 14.7. The Labute approximate surface area is 181 Å². The quantitative estimate of drug-likeness (QED) is 0.433. The first kappa shape index (κ1) is 19.7. The third-order valence-corrected chi connectivity index (χ3v) is 5.83. The van der Waals surface area contributed by atoms with Gasteiger partial charge in [0.2, 0.25) is 0 Å². The van der Waals surface area contributed by atoms with Gasteiger partial charge in [-0.1, -0.05) is 34.2 Å². The summed E-state index contributed by atoms with van der Waals surface area (Å²) in [5.41, 5.74) is 2.26. The van der Waals surface area contributed by atoms with E-state index in [1.807, 2.05) is 6.92 Å². The maximum Gasteiger partial charge on any atom is 0.276 e. The average Bonchev–Trinajstić information content (AvgIpc) is 3.32. The number of amides is 1. The first-order valence-corrected chi connectivity index (χ1v) is 10.5. The number of hydrogen-bond acceptors (Lipinski definition) is 5. The summed E-state index contributed by atoms with van der Waals surface area (Å²) in [7, 11) is 1.79. The molecule has 1 aromatic carbocycles. The van der Waals surface area contributed by atoms with Crippen LogP contribution >= 0.6 is 22.6 Å². The molecule has 9 heteroatoms. The van der Waals surface area contributed by atoms with Crippen molar-refractivity contribution in [2.75, 3.05) is 23.3 Å². The molecular weight excluding hydrogens is 486 g/mol. The Kier molecular flexibility index (Phi) is 5.48. The number of benzene rings is 1. The maximum atomic E-state index is 14.7. The van der Waals surface area contributed by atoms with Crippen molar-refractivity contribution in [2.45, 2.75) is 17.3 Å². The number of imidazole rings is 1. The largest absolute Gasteiger partial charge is 0.354 e. The first-order valence-electron chi connectivity index (χ1n) is 9.22. The molecule has 0 unspecified atom stereocenters. The number of halogens is 2. The Bertz CT molecular complexity index is 1070. The lowest BCUT2D eigenvalue weighted by Crippen LogP contribution is -2.24. The molecule has 1 fully saturated rings. The van der Waals surface area contributed by atoms with Crippen molar-refractivity contribution in [3.05, 3.63) is 54.1 Å². The van der Waals surface area contributed by atoms with E-state index in [-0.39, 0.29) is 11.6 Å². The van der Waals surface area contributed by atoms with Crippen LogP contribution in [0.1, 0.15) is 22.5 Å². The Balaban J connectivity index is 1.82. The zero-order valence-corrected chi connectivity index (χ0v) is 18.2. The molecule has 1 atom stereocenters. The number of alkyl halides is 1. The summed E-state index contributed by atoms with van der Waals surface area (Å²) >= 11 is 2.41. The summed E-state index contributed by atoms with van der Waals surface area (Å²) in [6, 6.07) is 4.84. The van der Waals surface area contributed by atoms with E-state index < -0.39 is 5.82 Å². The van der Waals surface area contributed by atoms with Crippen molar-refractivity contribution in [3.8, 4) is 11.3 Å². The second-order valence-electron chi connectivity index (χ2n) is 7.11. The summed E-state index contributed by atoms with van der Waals surface area (Å²) in [4.78, 5) is 27.8. The zero-order valence-electron chi connectivity index (χ0n) is 16.1. The van der Waals surface area contributed by atoms with Crippen LogP contribution in [0.2, 0.25) is 0 Å². The predicted octanol–water partition coefficient (Wildman–Crippen LogP) is 3.59. The van der Waals surface area contributed by atoms with E-state index in [2.05, 4.69) is 47.8 Å². The molecule has 1 N–H and O–H groups in total. The number of rotatable bonds is 4. The molecule has 3 aromatic rings. The lowest BCUT2D eigenvalue weighted by molar-refractivity contribution is 0.102. The molecule has 150 valence electrons. The van der Waals surface area contributed by atoms with Crippen LogP contribution < -0.4 is 10.2 Å². The fourth-order valence-corrected chi connectivity index (χ4v) is 4.13. The molecule has 0 bridgehead atoms. The minimum Gasteiger partial charge on any atom is -0.354 e. The predicted molar refractivity (Wildman–Crippen MR) is 118 cm³/mol. The van der Waals surface area contributed by atoms with Gasteiger partial charge < -0.3 is 14.8 Å². The average molecular weight is 506 g/mol. The molecule has 2 aromatic heterocycles. The number of hydrogen-bond donors (Lipinski definition) is 1. The van der Waals surface area contributed by atoms with Gasteiger partial charge in [-0.25, -0.2) is 19.3 Å². The molecule has 1 aliphatic heterocycles. The van der Waals surface area contributed by atoms with E-state index in [9.17, 15) is 9.18 Å². The second-order valence-corrected chi connectivity index (χ2v) is 8.88.